The van der Waals surface area contributed by atoms with Gasteiger partial charge in [0.2, 0.25) is 5.91 Å². The van der Waals surface area contributed by atoms with Crippen molar-refractivity contribution in [2.24, 2.45) is 5.92 Å². The number of benzene rings is 2. The lowest BCUT2D eigenvalue weighted by molar-refractivity contribution is -0.118. The molecule has 1 saturated heterocycles. The Balaban J connectivity index is 1.52. The van der Waals surface area contributed by atoms with Crippen molar-refractivity contribution in [1.29, 1.82) is 0 Å². The van der Waals surface area contributed by atoms with Crippen LogP contribution in [0.5, 0.6) is 0 Å². The number of rotatable bonds is 5. The Morgan fingerprint density at radius 2 is 1.69 bits per heavy atom. The zero-order valence-electron chi connectivity index (χ0n) is 17.4. The molecule has 6 nitrogen and oxygen atoms in total. The molecule has 1 heterocycles. The third-order valence-electron chi connectivity index (χ3n) is 5.23. The monoisotopic (exact) mass is 394 g/mol. The van der Waals surface area contributed by atoms with Crippen molar-refractivity contribution in [3.05, 3.63) is 54.1 Å². The van der Waals surface area contributed by atoms with Crippen molar-refractivity contribution in [1.82, 2.24) is 5.32 Å². The van der Waals surface area contributed by atoms with Crippen molar-refractivity contribution in [2.75, 3.05) is 28.6 Å². The Morgan fingerprint density at radius 1 is 1.00 bits per heavy atom. The highest BCUT2D eigenvalue weighted by molar-refractivity contribution is 5.94. The van der Waals surface area contributed by atoms with Gasteiger partial charge < -0.3 is 20.9 Å². The van der Waals surface area contributed by atoms with Gasteiger partial charge in [0.1, 0.15) is 0 Å². The Labute approximate surface area is 172 Å². The predicted octanol–water partition coefficient (Wildman–Crippen LogP) is 4.38. The summed E-state index contributed by atoms with van der Waals surface area (Å²) in [6, 6.07) is 15.8. The summed E-state index contributed by atoms with van der Waals surface area (Å²) in [5, 5.41) is 8.88. The Bertz CT molecular complexity index is 843. The lowest BCUT2D eigenvalue weighted by Crippen LogP contribution is -2.46. The quantitative estimate of drug-likeness (QED) is 0.705. The number of nitrogens with zero attached hydrogens (tertiary/aromatic N) is 1. The number of hydrogen-bond donors (Lipinski definition) is 3. The summed E-state index contributed by atoms with van der Waals surface area (Å²) in [7, 11) is 0. The number of nitrogens with one attached hydrogen (secondary N) is 3. The standard InChI is InChI=1S/C23H30N4O2/c1-16(2)22(28)24-19-10-9-17(3)21(15-19)26-23(29)25-18-11-13-27(14-12-18)20-7-5-4-6-8-20/h4-10,15-16,18H,11-14H2,1-3H3,(H,24,28)(H2,25,26,29). The maximum absolute atomic E-state index is 12.5. The smallest absolute Gasteiger partial charge is 0.319 e. The minimum absolute atomic E-state index is 0.0468. The number of anilines is 3. The summed E-state index contributed by atoms with van der Waals surface area (Å²) in [4.78, 5) is 26.8. The minimum Gasteiger partial charge on any atom is -0.371 e. The van der Waals surface area contributed by atoms with Crippen LogP contribution in [0.1, 0.15) is 32.3 Å². The van der Waals surface area contributed by atoms with Gasteiger partial charge in [0.25, 0.3) is 0 Å². The highest BCUT2D eigenvalue weighted by Crippen LogP contribution is 2.22. The lowest BCUT2D eigenvalue weighted by atomic mass is 10.0. The van der Waals surface area contributed by atoms with Crippen LogP contribution < -0.4 is 20.9 Å². The number of carbonyl (C=O) groups is 2. The summed E-state index contributed by atoms with van der Waals surface area (Å²) >= 11 is 0. The molecule has 0 aromatic heterocycles. The van der Waals surface area contributed by atoms with Gasteiger partial charge in [-0.15, -0.1) is 0 Å². The van der Waals surface area contributed by atoms with Crippen molar-refractivity contribution in [3.8, 4) is 0 Å². The number of piperidine rings is 1. The second-order valence-corrected chi connectivity index (χ2v) is 7.87. The number of hydrogen-bond acceptors (Lipinski definition) is 3. The van der Waals surface area contributed by atoms with Gasteiger partial charge in [-0.05, 0) is 49.6 Å². The van der Waals surface area contributed by atoms with E-state index in [2.05, 4.69) is 33.0 Å². The number of urea groups is 1. The molecule has 0 saturated carbocycles. The van der Waals surface area contributed by atoms with Gasteiger partial charge in [-0.3, -0.25) is 4.79 Å². The van der Waals surface area contributed by atoms with Gasteiger partial charge >= 0.3 is 6.03 Å². The molecule has 154 valence electrons. The van der Waals surface area contributed by atoms with E-state index in [9.17, 15) is 9.59 Å². The van der Waals surface area contributed by atoms with E-state index in [4.69, 9.17) is 0 Å². The van der Waals surface area contributed by atoms with E-state index in [-0.39, 0.29) is 23.9 Å². The van der Waals surface area contributed by atoms with Gasteiger partial charge in [0, 0.05) is 42.1 Å². The van der Waals surface area contributed by atoms with E-state index in [1.54, 1.807) is 6.07 Å². The van der Waals surface area contributed by atoms with E-state index < -0.39 is 0 Å². The van der Waals surface area contributed by atoms with Gasteiger partial charge in [-0.25, -0.2) is 4.79 Å². The SMILES string of the molecule is Cc1ccc(NC(=O)C(C)C)cc1NC(=O)NC1CCN(c2ccccc2)CC1. The first-order valence-corrected chi connectivity index (χ1v) is 10.2. The zero-order chi connectivity index (χ0) is 20.8. The van der Waals surface area contributed by atoms with Gasteiger partial charge in [0.05, 0.1) is 0 Å². The highest BCUT2D eigenvalue weighted by Gasteiger charge is 2.21. The first-order valence-electron chi connectivity index (χ1n) is 10.2. The van der Waals surface area contributed by atoms with Crippen molar-refractivity contribution in [2.45, 2.75) is 39.7 Å². The molecule has 0 unspecified atom stereocenters. The van der Waals surface area contributed by atoms with E-state index in [1.165, 1.54) is 5.69 Å². The predicted molar refractivity (Wildman–Crippen MR) is 118 cm³/mol. The van der Waals surface area contributed by atoms with Crippen LogP contribution in [-0.4, -0.2) is 31.1 Å². The second-order valence-electron chi connectivity index (χ2n) is 7.87. The third kappa shape index (κ3) is 5.73. The highest BCUT2D eigenvalue weighted by atomic mass is 16.2. The molecule has 3 rings (SSSR count). The molecule has 6 heteroatoms. The van der Waals surface area contributed by atoms with E-state index in [0.717, 1.165) is 31.5 Å². The van der Waals surface area contributed by atoms with Crippen LogP contribution in [0.25, 0.3) is 0 Å². The fourth-order valence-electron chi connectivity index (χ4n) is 3.39. The lowest BCUT2D eigenvalue weighted by Gasteiger charge is -2.34. The average molecular weight is 395 g/mol. The van der Waals surface area contributed by atoms with Crippen LogP contribution in [0, 0.1) is 12.8 Å². The van der Waals surface area contributed by atoms with Crippen molar-refractivity contribution >= 4 is 29.0 Å². The molecule has 29 heavy (non-hydrogen) atoms. The molecule has 0 radical (unpaired) electrons. The van der Waals surface area contributed by atoms with Crippen LogP contribution in [-0.2, 0) is 4.79 Å². The first-order chi connectivity index (χ1) is 13.9. The summed E-state index contributed by atoms with van der Waals surface area (Å²) < 4.78 is 0. The zero-order valence-corrected chi connectivity index (χ0v) is 17.4. The largest absolute Gasteiger partial charge is 0.371 e. The van der Waals surface area contributed by atoms with Gasteiger partial charge in [-0.2, -0.15) is 0 Å². The summed E-state index contributed by atoms with van der Waals surface area (Å²) in [6.07, 6.45) is 1.82. The summed E-state index contributed by atoms with van der Waals surface area (Å²) in [5.74, 6) is -0.146. The second kappa shape index (κ2) is 9.45. The molecular formula is C23H30N4O2. The molecule has 0 bridgehead atoms. The Kier molecular flexibility index (Phi) is 6.75. The molecule has 0 atom stereocenters. The number of carbonyl (C=O) groups excluding carboxylic acids is 2. The molecule has 2 aromatic carbocycles. The van der Waals surface area contributed by atoms with Gasteiger partial charge in [0.15, 0.2) is 0 Å². The molecule has 3 N–H and O–H groups in total. The van der Waals surface area contributed by atoms with Crippen LogP contribution >= 0.6 is 0 Å². The molecule has 3 amide bonds. The molecule has 1 fully saturated rings. The fourth-order valence-corrected chi connectivity index (χ4v) is 3.39. The summed E-state index contributed by atoms with van der Waals surface area (Å²) in [5.41, 5.74) is 3.56. The van der Waals surface area contributed by atoms with Crippen LogP contribution in [0.2, 0.25) is 0 Å². The molecule has 0 aliphatic carbocycles. The van der Waals surface area contributed by atoms with Crippen LogP contribution in [0.4, 0.5) is 21.9 Å². The Hall–Kier alpha value is -3.02. The fraction of sp³-hybridized carbons (Fsp3) is 0.391. The third-order valence-corrected chi connectivity index (χ3v) is 5.23. The van der Waals surface area contributed by atoms with E-state index in [0.29, 0.717) is 11.4 Å². The maximum Gasteiger partial charge on any atom is 0.319 e. The molecule has 1 aliphatic heterocycles. The minimum atomic E-state index is -0.210. The number of para-hydroxylation sites is 1. The summed E-state index contributed by atoms with van der Waals surface area (Å²) in [6.45, 7) is 7.47. The van der Waals surface area contributed by atoms with Crippen LogP contribution in [0.3, 0.4) is 0 Å². The van der Waals surface area contributed by atoms with Crippen molar-refractivity contribution < 1.29 is 9.59 Å². The molecule has 0 spiro atoms. The first kappa shape index (κ1) is 20.7. The Morgan fingerprint density at radius 3 is 2.34 bits per heavy atom. The molecule has 1 aliphatic rings. The normalized spacial score (nSPS) is 14.6. The number of amides is 3. The van der Waals surface area contributed by atoms with Crippen molar-refractivity contribution in [3.63, 3.8) is 0 Å². The van der Waals surface area contributed by atoms with Gasteiger partial charge in [-0.1, -0.05) is 38.1 Å². The molecule has 2 aromatic rings. The average Bonchev–Trinajstić information content (AvgIpc) is 2.71. The van der Waals surface area contributed by atoms with Crippen LogP contribution in [0.15, 0.2) is 48.5 Å². The van der Waals surface area contributed by atoms with E-state index in [1.807, 2.05) is 51.1 Å². The van der Waals surface area contributed by atoms with E-state index >= 15 is 0 Å². The molecular weight excluding hydrogens is 364 g/mol. The topological polar surface area (TPSA) is 73.5 Å². The maximum atomic E-state index is 12.5. The number of aryl methyl sites for hydroxylation is 1.